The molecule has 0 saturated heterocycles. The van der Waals surface area contributed by atoms with Crippen molar-refractivity contribution in [3.63, 3.8) is 0 Å². The van der Waals surface area contributed by atoms with Crippen molar-refractivity contribution in [2.24, 2.45) is 5.41 Å². The Kier molecular flexibility index (Phi) is 8.24. The van der Waals surface area contributed by atoms with Gasteiger partial charge in [0.05, 0.1) is 0 Å². The lowest BCUT2D eigenvalue weighted by Gasteiger charge is -2.28. The molecule has 0 unspecified atom stereocenters. The summed E-state index contributed by atoms with van der Waals surface area (Å²) in [6, 6.07) is 13.7. The molecule has 0 aliphatic carbocycles. The fraction of sp³-hybridized carbons (Fsp3) is 0.393. The molecule has 1 amide bonds. The molecule has 38 heavy (non-hydrogen) atoms. The fourth-order valence-electron chi connectivity index (χ4n) is 4.46. The van der Waals surface area contributed by atoms with Crippen LogP contribution in [0.1, 0.15) is 48.1 Å². The van der Waals surface area contributed by atoms with E-state index in [1.165, 1.54) is 43.1 Å². The number of alkyl halides is 6. The third-order valence-electron chi connectivity index (χ3n) is 5.77. The highest BCUT2D eigenvalue weighted by molar-refractivity contribution is 6.01. The van der Waals surface area contributed by atoms with Crippen LogP contribution >= 0.6 is 0 Å². The second-order valence-electron chi connectivity index (χ2n) is 10.4. The van der Waals surface area contributed by atoms with Crippen molar-refractivity contribution in [3.05, 3.63) is 77.1 Å². The smallest absolute Gasteiger partial charge is 0.431 e. The van der Waals surface area contributed by atoms with Gasteiger partial charge in [0.1, 0.15) is 17.1 Å². The molecule has 0 atom stereocenters. The lowest BCUT2D eigenvalue weighted by atomic mass is 9.95. The summed E-state index contributed by atoms with van der Waals surface area (Å²) < 4.78 is 86.7. The molecule has 4 nitrogen and oxygen atoms in total. The zero-order valence-electron chi connectivity index (χ0n) is 21.8. The Morgan fingerprint density at radius 1 is 0.921 bits per heavy atom. The quantitative estimate of drug-likeness (QED) is 0.290. The van der Waals surface area contributed by atoms with Crippen molar-refractivity contribution in [2.45, 2.75) is 46.6 Å². The van der Waals surface area contributed by atoms with E-state index in [4.69, 9.17) is 4.74 Å². The van der Waals surface area contributed by atoms with Crippen LogP contribution in [0.3, 0.4) is 0 Å². The van der Waals surface area contributed by atoms with E-state index >= 15 is 0 Å². The molecule has 0 N–H and O–H groups in total. The van der Waals surface area contributed by atoms with Crippen LogP contribution in [0.2, 0.25) is 0 Å². The lowest BCUT2D eigenvalue weighted by molar-refractivity contribution is -0.153. The first-order chi connectivity index (χ1) is 17.5. The Labute approximate surface area is 217 Å². The minimum absolute atomic E-state index is 0.0707. The molecule has 1 heterocycles. The van der Waals surface area contributed by atoms with E-state index in [2.05, 4.69) is 0 Å². The van der Waals surface area contributed by atoms with Gasteiger partial charge < -0.3 is 14.2 Å². The van der Waals surface area contributed by atoms with E-state index in [9.17, 15) is 31.1 Å². The molecule has 0 spiro atoms. The number of carbonyl (C=O) groups excluding carboxylic acids is 1. The summed E-state index contributed by atoms with van der Waals surface area (Å²) in [6.45, 7) is 5.61. The molecule has 3 aromatic rings. The minimum atomic E-state index is -4.77. The molecular formula is C28H30F6N2O2. The highest BCUT2D eigenvalue weighted by Gasteiger charge is 2.41. The summed E-state index contributed by atoms with van der Waals surface area (Å²) in [5.41, 5.74) is -0.669. The van der Waals surface area contributed by atoms with Gasteiger partial charge in [0.2, 0.25) is 0 Å². The Bertz CT molecular complexity index is 1250. The molecule has 2 aromatic carbocycles. The van der Waals surface area contributed by atoms with E-state index in [0.717, 1.165) is 4.57 Å². The first kappa shape index (κ1) is 29.1. The van der Waals surface area contributed by atoms with Gasteiger partial charge in [-0.1, -0.05) is 63.2 Å². The van der Waals surface area contributed by atoms with Gasteiger partial charge in [0.15, 0.2) is 6.61 Å². The fourth-order valence-corrected chi connectivity index (χ4v) is 4.46. The maximum Gasteiger partial charge on any atom is 0.431 e. The number of amides is 1. The van der Waals surface area contributed by atoms with Crippen LogP contribution in [0, 0.1) is 12.3 Å². The number of carbonyl (C=O) groups is 1. The molecule has 10 heteroatoms. The van der Waals surface area contributed by atoms with Crippen LogP contribution in [0.15, 0.2) is 54.6 Å². The average Bonchev–Trinajstić information content (AvgIpc) is 3.08. The van der Waals surface area contributed by atoms with Crippen LogP contribution < -0.4 is 4.74 Å². The second-order valence-corrected chi connectivity index (χ2v) is 10.4. The maximum atomic E-state index is 14.5. The van der Waals surface area contributed by atoms with Gasteiger partial charge in [0.25, 0.3) is 5.91 Å². The lowest BCUT2D eigenvalue weighted by Crippen LogP contribution is -2.36. The molecule has 206 valence electrons. The molecule has 3 rings (SSSR count). The maximum absolute atomic E-state index is 14.5. The van der Waals surface area contributed by atoms with Gasteiger partial charge in [-0.2, -0.15) is 26.3 Å². The first-order valence-corrected chi connectivity index (χ1v) is 11.9. The van der Waals surface area contributed by atoms with Gasteiger partial charge in [-0.15, -0.1) is 0 Å². The number of ether oxygens (including phenoxy) is 1. The summed E-state index contributed by atoms with van der Waals surface area (Å²) in [5.74, 6) is -0.692. The van der Waals surface area contributed by atoms with E-state index in [0.29, 0.717) is 5.56 Å². The molecule has 0 aliphatic rings. The summed E-state index contributed by atoms with van der Waals surface area (Å²) in [7, 11) is 1.54. The number of hydrogen-bond acceptors (Lipinski definition) is 2. The van der Waals surface area contributed by atoms with E-state index < -0.39 is 30.6 Å². The SMILES string of the molecule is Cc1c(-c2ccc(OCC(F)(F)F)cc2)c(C(=O)N(C)CC(C)(C)C)n(Cc2ccccc2)c1C(F)(F)F. The Morgan fingerprint density at radius 2 is 1.50 bits per heavy atom. The van der Waals surface area contributed by atoms with Crippen LogP contribution in [0.25, 0.3) is 11.1 Å². The molecule has 0 saturated carbocycles. The summed E-state index contributed by atoms with van der Waals surface area (Å²) in [5, 5.41) is 0. The van der Waals surface area contributed by atoms with Gasteiger partial charge in [-0.05, 0) is 41.2 Å². The molecule has 0 fully saturated rings. The predicted molar refractivity (Wildman–Crippen MR) is 133 cm³/mol. The van der Waals surface area contributed by atoms with Gasteiger partial charge in [0, 0.05) is 25.7 Å². The van der Waals surface area contributed by atoms with Crippen molar-refractivity contribution in [1.82, 2.24) is 9.47 Å². The molecule has 0 radical (unpaired) electrons. The molecule has 1 aromatic heterocycles. The molecule has 0 aliphatic heterocycles. The van der Waals surface area contributed by atoms with E-state index in [1.807, 2.05) is 20.8 Å². The number of nitrogens with zero attached hydrogens (tertiary/aromatic N) is 2. The number of hydrogen-bond donors (Lipinski definition) is 0. The Hall–Kier alpha value is -3.43. The first-order valence-electron chi connectivity index (χ1n) is 11.9. The number of halogens is 6. The minimum Gasteiger partial charge on any atom is -0.484 e. The van der Waals surface area contributed by atoms with Crippen LogP contribution in [-0.4, -0.2) is 41.7 Å². The van der Waals surface area contributed by atoms with Gasteiger partial charge in [-0.25, -0.2) is 0 Å². The second kappa shape index (κ2) is 10.7. The summed E-state index contributed by atoms with van der Waals surface area (Å²) in [6.07, 6.45) is -9.31. The predicted octanol–water partition coefficient (Wildman–Crippen LogP) is 7.59. The molecule has 0 bridgehead atoms. The number of benzene rings is 2. The van der Waals surface area contributed by atoms with Gasteiger partial charge in [-0.3, -0.25) is 4.79 Å². The highest BCUT2D eigenvalue weighted by Crippen LogP contribution is 2.42. The van der Waals surface area contributed by atoms with Gasteiger partial charge >= 0.3 is 12.4 Å². The average molecular weight is 541 g/mol. The summed E-state index contributed by atoms with van der Waals surface area (Å²) in [4.78, 5) is 15.2. The number of rotatable bonds is 7. The van der Waals surface area contributed by atoms with Crippen molar-refractivity contribution in [1.29, 1.82) is 0 Å². The van der Waals surface area contributed by atoms with Crippen LogP contribution in [0.5, 0.6) is 5.75 Å². The zero-order valence-corrected chi connectivity index (χ0v) is 21.8. The standard InChI is InChI=1S/C28H30F6N2O2/c1-18-22(20-11-13-21(14-12-20)38-17-27(29,30)31)23(25(37)35(5)16-26(2,3)4)36(24(18)28(32,33)34)15-19-9-7-6-8-10-19/h6-14H,15-17H2,1-5H3. The molecular weight excluding hydrogens is 510 g/mol. The largest absolute Gasteiger partial charge is 0.484 e. The Morgan fingerprint density at radius 3 is 2.00 bits per heavy atom. The van der Waals surface area contributed by atoms with Crippen molar-refractivity contribution >= 4 is 5.91 Å². The third kappa shape index (κ3) is 7.11. The van der Waals surface area contributed by atoms with Crippen molar-refractivity contribution in [2.75, 3.05) is 20.2 Å². The third-order valence-corrected chi connectivity index (χ3v) is 5.77. The number of aromatic nitrogens is 1. The monoisotopic (exact) mass is 540 g/mol. The topological polar surface area (TPSA) is 34.5 Å². The van der Waals surface area contributed by atoms with Crippen molar-refractivity contribution < 1.29 is 35.9 Å². The van der Waals surface area contributed by atoms with Crippen LogP contribution in [-0.2, 0) is 12.7 Å². The highest BCUT2D eigenvalue weighted by atomic mass is 19.4. The normalized spacial score (nSPS) is 12.5. The van der Waals surface area contributed by atoms with E-state index in [-0.39, 0.29) is 46.6 Å². The van der Waals surface area contributed by atoms with E-state index in [1.54, 1.807) is 30.3 Å². The van der Waals surface area contributed by atoms with Crippen LogP contribution in [0.4, 0.5) is 26.3 Å². The zero-order chi connectivity index (χ0) is 28.5. The summed E-state index contributed by atoms with van der Waals surface area (Å²) >= 11 is 0. The Balaban J connectivity index is 2.22. The van der Waals surface area contributed by atoms with Crippen molar-refractivity contribution in [3.8, 4) is 16.9 Å².